The lowest BCUT2D eigenvalue weighted by Crippen LogP contribution is -2.48. The molecule has 0 aliphatic carbocycles. The highest BCUT2D eigenvalue weighted by molar-refractivity contribution is 5.56. The standard InChI is InChI=1S/C22H22N2O2/c1-3-22-16(13-25-19-12-8-7-11-18(19)22)14-26-21-20(22)15(2)23-24(21)17-9-5-4-6-10-17/h4-12,16H,3,13-14H2,1-2H3/t16-,22+/m1/s1. The summed E-state index contributed by atoms with van der Waals surface area (Å²) in [5.74, 6) is 2.16. The summed E-state index contributed by atoms with van der Waals surface area (Å²) in [6.07, 6.45) is 0.996. The summed E-state index contributed by atoms with van der Waals surface area (Å²) in [4.78, 5) is 0. The molecule has 2 aromatic carbocycles. The van der Waals surface area contributed by atoms with Gasteiger partial charge in [0.15, 0.2) is 0 Å². The third-order valence-electron chi connectivity index (χ3n) is 5.95. The van der Waals surface area contributed by atoms with Gasteiger partial charge in [-0.25, -0.2) is 4.68 Å². The molecule has 26 heavy (non-hydrogen) atoms. The molecular formula is C22H22N2O2. The molecule has 0 saturated heterocycles. The van der Waals surface area contributed by atoms with Gasteiger partial charge in [0.2, 0.25) is 5.88 Å². The van der Waals surface area contributed by atoms with Crippen LogP contribution in [0.2, 0.25) is 0 Å². The van der Waals surface area contributed by atoms with Gasteiger partial charge in [0.05, 0.1) is 24.6 Å². The maximum atomic E-state index is 6.26. The first-order valence-corrected chi connectivity index (χ1v) is 9.26. The lowest BCUT2D eigenvalue weighted by atomic mass is 9.62. The molecule has 3 heterocycles. The van der Waals surface area contributed by atoms with Crippen LogP contribution in [0.5, 0.6) is 11.6 Å². The Labute approximate surface area is 153 Å². The second-order valence-corrected chi connectivity index (χ2v) is 7.15. The van der Waals surface area contributed by atoms with Crippen LogP contribution in [0.3, 0.4) is 0 Å². The topological polar surface area (TPSA) is 36.3 Å². The van der Waals surface area contributed by atoms with E-state index in [1.54, 1.807) is 0 Å². The summed E-state index contributed by atoms with van der Waals surface area (Å²) in [6, 6.07) is 18.7. The maximum Gasteiger partial charge on any atom is 0.221 e. The molecule has 0 amide bonds. The zero-order valence-corrected chi connectivity index (χ0v) is 15.1. The number of benzene rings is 2. The minimum atomic E-state index is -0.112. The van der Waals surface area contributed by atoms with Gasteiger partial charge in [-0.3, -0.25) is 0 Å². The van der Waals surface area contributed by atoms with Crippen LogP contribution in [0.15, 0.2) is 54.6 Å². The zero-order chi connectivity index (χ0) is 17.7. The molecule has 0 radical (unpaired) electrons. The quantitative estimate of drug-likeness (QED) is 0.695. The number of hydrogen-bond donors (Lipinski definition) is 0. The van der Waals surface area contributed by atoms with Gasteiger partial charge >= 0.3 is 0 Å². The molecule has 1 aromatic heterocycles. The molecular weight excluding hydrogens is 324 g/mol. The maximum absolute atomic E-state index is 6.26. The number of fused-ring (bicyclic) bond motifs is 5. The normalized spacial score (nSPS) is 23.2. The van der Waals surface area contributed by atoms with Crippen LogP contribution >= 0.6 is 0 Å². The predicted octanol–water partition coefficient (Wildman–Crippen LogP) is 4.28. The molecule has 2 atom stereocenters. The van der Waals surface area contributed by atoms with Crippen LogP contribution in [0.25, 0.3) is 5.69 Å². The second kappa shape index (κ2) is 5.63. The van der Waals surface area contributed by atoms with Gasteiger partial charge in [-0.05, 0) is 31.5 Å². The van der Waals surface area contributed by atoms with Crippen molar-refractivity contribution in [2.24, 2.45) is 5.92 Å². The van der Waals surface area contributed by atoms with Crippen LogP contribution < -0.4 is 9.47 Å². The Morgan fingerprint density at radius 1 is 1.04 bits per heavy atom. The molecule has 4 heteroatoms. The minimum absolute atomic E-state index is 0.112. The number of nitrogens with zero attached hydrogens (tertiary/aromatic N) is 2. The Morgan fingerprint density at radius 3 is 2.58 bits per heavy atom. The number of aromatic nitrogens is 2. The fourth-order valence-corrected chi connectivity index (χ4v) is 4.78. The largest absolute Gasteiger partial charge is 0.493 e. The summed E-state index contributed by atoms with van der Waals surface area (Å²) in [6.45, 7) is 5.69. The van der Waals surface area contributed by atoms with Gasteiger partial charge in [0.1, 0.15) is 5.75 Å². The molecule has 0 spiro atoms. The first kappa shape index (κ1) is 15.5. The number of para-hydroxylation sites is 2. The number of aryl methyl sites for hydroxylation is 1. The van der Waals surface area contributed by atoms with Crippen molar-refractivity contribution >= 4 is 0 Å². The Balaban J connectivity index is 1.79. The molecule has 0 saturated carbocycles. The Bertz CT molecular complexity index is 964. The van der Waals surface area contributed by atoms with Crippen molar-refractivity contribution in [2.45, 2.75) is 25.7 Å². The molecule has 4 nitrogen and oxygen atoms in total. The number of hydrogen-bond acceptors (Lipinski definition) is 3. The first-order chi connectivity index (χ1) is 12.8. The van der Waals surface area contributed by atoms with Crippen LogP contribution in [0.4, 0.5) is 0 Å². The first-order valence-electron chi connectivity index (χ1n) is 9.26. The van der Waals surface area contributed by atoms with Crippen LogP contribution in [0, 0.1) is 12.8 Å². The molecule has 132 valence electrons. The van der Waals surface area contributed by atoms with Crippen LogP contribution in [0.1, 0.15) is 30.2 Å². The van der Waals surface area contributed by atoms with E-state index in [-0.39, 0.29) is 5.41 Å². The van der Waals surface area contributed by atoms with E-state index in [0.717, 1.165) is 29.4 Å². The number of rotatable bonds is 2. The van der Waals surface area contributed by atoms with Crippen molar-refractivity contribution in [1.29, 1.82) is 0 Å². The van der Waals surface area contributed by atoms with E-state index in [2.05, 4.69) is 44.2 Å². The Hall–Kier alpha value is -2.75. The predicted molar refractivity (Wildman–Crippen MR) is 100 cm³/mol. The lowest BCUT2D eigenvalue weighted by Gasteiger charge is -2.47. The van der Waals surface area contributed by atoms with Gasteiger partial charge in [-0.1, -0.05) is 43.3 Å². The van der Waals surface area contributed by atoms with E-state index >= 15 is 0 Å². The summed E-state index contributed by atoms with van der Waals surface area (Å²) >= 11 is 0. The number of ether oxygens (including phenoxy) is 2. The van der Waals surface area contributed by atoms with E-state index in [4.69, 9.17) is 14.6 Å². The molecule has 0 unspecified atom stereocenters. The van der Waals surface area contributed by atoms with E-state index in [1.807, 2.05) is 28.9 Å². The minimum Gasteiger partial charge on any atom is -0.493 e. The summed E-state index contributed by atoms with van der Waals surface area (Å²) < 4.78 is 14.3. The third-order valence-corrected chi connectivity index (χ3v) is 5.95. The van der Waals surface area contributed by atoms with Gasteiger partial charge in [0, 0.05) is 22.5 Å². The third kappa shape index (κ3) is 1.93. The van der Waals surface area contributed by atoms with E-state index in [1.165, 1.54) is 11.1 Å². The molecule has 0 fully saturated rings. The van der Waals surface area contributed by atoms with E-state index in [0.29, 0.717) is 19.1 Å². The summed E-state index contributed by atoms with van der Waals surface area (Å²) in [7, 11) is 0. The van der Waals surface area contributed by atoms with Crippen molar-refractivity contribution in [2.75, 3.05) is 13.2 Å². The molecule has 0 bridgehead atoms. The smallest absolute Gasteiger partial charge is 0.221 e. The van der Waals surface area contributed by atoms with Gasteiger partial charge in [-0.2, -0.15) is 5.10 Å². The molecule has 2 aliphatic heterocycles. The Kier molecular flexibility index (Phi) is 3.36. The highest BCUT2D eigenvalue weighted by Crippen LogP contribution is 2.55. The van der Waals surface area contributed by atoms with Crippen LogP contribution in [-0.2, 0) is 5.41 Å². The van der Waals surface area contributed by atoms with E-state index < -0.39 is 0 Å². The van der Waals surface area contributed by atoms with Gasteiger partial charge in [-0.15, -0.1) is 0 Å². The molecule has 2 aliphatic rings. The van der Waals surface area contributed by atoms with Crippen LogP contribution in [-0.4, -0.2) is 23.0 Å². The van der Waals surface area contributed by atoms with Crippen molar-refractivity contribution in [3.63, 3.8) is 0 Å². The molecule has 5 rings (SSSR count). The van der Waals surface area contributed by atoms with E-state index in [9.17, 15) is 0 Å². The van der Waals surface area contributed by atoms with Gasteiger partial charge in [0.25, 0.3) is 0 Å². The Morgan fingerprint density at radius 2 is 1.77 bits per heavy atom. The van der Waals surface area contributed by atoms with Crippen molar-refractivity contribution in [3.8, 4) is 17.3 Å². The van der Waals surface area contributed by atoms with Crippen molar-refractivity contribution in [1.82, 2.24) is 9.78 Å². The van der Waals surface area contributed by atoms with Gasteiger partial charge < -0.3 is 9.47 Å². The fraction of sp³-hybridized carbons (Fsp3) is 0.318. The lowest BCUT2D eigenvalue weighted by molar-refractivity contribution is 0.0724. The zero-order valence-electron chi connectivity index (χ0n) is 15.1. The summed E-state index contributed by atoms with van der Waals surface area (Å²) in [5.41, 5.74) is 4.43. The average Bonchev–Trinajstić information content (AvgIpc) is 3.05. The highest BCUT2D eigenvalue weighted by Gasteiger charge is 2.52. The van der Waals surface area contributed by atoms with Crippen molar-refractivity contribution in [3.05, 3.63) is 71.4 Å². The monoisotopic (exact) mass is 346 g/mol. The van der Waals surface area contributed by atoms with Crippen molar-refractivity contribution < 1.29 is 9.47 Å². The summed E-state index contributed by atoms with van der Waals surface area (Å²) in [5, 5.41) is 4.87. The molecule has 0 N–H and O–H groups in total. The average molecular weight is 346 g/mol. The molecule has 3 aromatic rings. The second-order valence-electron chi connectivity index (χ2n) is 7.15. The SMILES string of the molecule is CC[C@@]12c3ccccc3OC[C@@H]1COc1c2c(C)nn1-c1ccccc1. The fourth-order valence-electron chi connectivity index (χ4n) is 4.78. The highest BCUT2D eigenvalue weighted by atomic mass is 16.5.